The number of pyridine rings is 1. The maximum absolute atomic E-state index is 13.1. The summed E-state index contributed by atoms with van der Waals surface area (Å²) >= 11 is 0. The Bertz CT molecular complexity index is 1190. The topological polar surface area (TPSA) is 65.5 Å². The van der Waals surface area contributed by atoms with Crippen molar-refractivity contribution in [3.8, 4) is 11.1 Å². The number of hydrogen-bond acceptors (Lipinski definition) is 3. The van der Waals surface area contributed by atoms with E-state index in [9.17, 15) is 14.3 Å². The van der Waals surface area contributed by atoms with Gasteiger partial charge in [0.15, 0.2) is 0 Å². The SMILES string of the molecule is CC(C)c1ccccc1-c1ccc2c(c1)C(O)CC21CCN(C(=O)Nc2ccc(F)cn2)C1. The highest BCUT2D eigenvalue weighted by molar-refractivity contribution is 5.88. The number of aliphatic hydroxyl groups excluding tert-OH is 1. The Morgan fingerprint density at radius 2 is 2.03 bits per heavy atom. The van der Waals surface area contributed by atoms with Crippen molar-refractivity contribution in [2.24, 2.45) is 0 Å². The number of carbonyl (C=O) groups is 1. The zero-order valence-electron chi connectivity index (χ0n) is 18.9. The molecule has 2 aliphatic rings. The number of nitrogens with one attached hydrogen (secondary N) is 1. The number of carbonyl (C=O) groups excluding carboxylic acids is 1. The molecule has 0 radical (unpaired) electrons. The molecule has 2 unspecified atom stereocenters. The summed E-state index contributed by atoms with van der Waals surface area (Å²) in [7, 11) is 0. The van der Waals surface area contributed by atoms with E-state index in [0.29, 0.717) is 31.2 Å². The molecule has 6 heteroatoms. The number of halogens is 1. The van der Waals surface area contributed by atoms with Crippen molar-refractivity contribution in [2.75, 3.05) is 18.4 Å². The standard InChI is InChI=1S/C27H28FN3O2/c1-17(2)20-5-3-4-6-21(20)18-7-9-23-22(13-18)24(32)14-27(23)11-12-31(16-27)26(33)30-25-10-8-19(28)15-29-25/h3-10,13,15,17,24,32H,11-12,14,16H2,1-2H3,(H,29,30,33). The van der Waals surface area contributed by atoms with Crippen molar-refractivity contribution in [3.05, 3.63) is 83.3 Å². The van der Waals surface area contributed by atoms with Gasteiger partial charge in [0.1, 0.15) is 11.6 Å². The highest BCUT2D eigenvalue weighted by Gasteiger charge is 2.48. The van der Waals surface area contributed by atoms with Crippen LogP contribution >= 0.6 is 0 Å². The average molecular weight is 446 g/mol. The molecule has 5 rings (SSSR count). The Balaban J connectivity index is 1.39. The first-order chi connectivity index (χ1) is 15.9. The minimum atomic E-state index is -0.548. The van der Waals surface area contributed by atoms with Gasteiger partial charge in [-0.1, -0.05) is 50.2 Å². The number of amides is 2. The van der Waals surface area contributed by atoms with Crippen LogP contribution in [0.15, 0.2) is 60.8 Å². The normalized spacial score (nSPS) is 21.6. The molecule has 1 saturated heterocycles. The summed E-state index contributed by atoms with van der Waals surface area (Å²) in [5.41, 5.74) is 5.45. The molecule has 2 N–H and O–H groups in total. The molecule has 5 nitrogen and oxygen atoms in total. The summed E-state index contributed by atoms with van der Waals surface area (Å²) in [5, 5.41) is 13.7. The molecule has 1 fully saturated rings. The fraction of sp³-hybridized carbons (Fsp3) is 0.333. The van der Waals surface area contributed by atoms with Crippen molar-refractivity contribution in [1.29, 1.82) is 0 Å². The van der Waals surface area contributed by atoms with E-state index in [1.807, 2.05) is 0 Å². The summed E-state index contributed by atoms with van der Waals surface area (Å²) in [6, 6.07) is 17.3. The predicted molar refractivity (Wildman–Crippen MR) is 127 cm³/mol. The van der Waals surface area contributed by atoms with E-state index in [2.05, 4.69) is 66.6 Å². The zero-order chi connectivity index (χ0) is 23.2. The van der Waals surface area contributed by atoms with E-state index in [1.165, 1.54) is 23.3 Å². The zero-order valence-corrected chi connectivity index (χ0v) is 18.9. The molecule has 2 heterocycles. The van der Waals surface area contributed by atoms with E-state index < -0.39 is 11.9 Å². The van der Waals surface area contributed by atoms with Crippen LogP contribution in [0.3, 0.4) is 0 Å². The second-order valence-corrected chi connectivity index (χ2v) is 9.51. The van der Waals surface area contributed by atoms with Crippen LogP contribution in [0.25, 0.3) is 11.1 Å². The Morgan fingerprint density at radius 1 is 1.21 bits per heavy atom. The first-order valence-electron chi connectivity index (χ1n) is 11.5. The van der Waals surface area contributed by atoms with Crippen molar-refractivity contribution < 1.29 is 14.3 Å². The van der Waals surface area contributed by atoms with Gasteiger partial charge >= 0.3 is 6.03 Å². The van der Waals surface area contributed by atoms with E-state index in [4.69, 9.17) is 0 Å². The molecule has 0 saturated carbocycles. The van der Waals surface area contributed by atoms with Crippen molar-refractivity contribution >= 4 is 11.8 Å². The molecule has 1 aliphatic heterocycles. The molecule has 33 heavy (non-hydrogen) atoms. The second-order valence-electron chi connectivity index (χ2n) is 9.51. The van der Waals surface area contributed by atoms with Gasteiger partial charge in [-0.15, -0.1) is 0 Å². The molecule has 2 atom stereocenters. The Kier molecular flexibility index (Phi) is 5.41. The molecule has 1 aliphatic carbocycles. The molecule has 1 spiro atoms. The predicted octanol–water partition coefficient (Wildman–Crippen LogP) is 5.62. The van der Waals surface area contributed by atoms with Crippen LogP contribution in [-0.4, -0.2) is 34.1 Å². The Morgan fingerprint density at radius 3 is 2.79 bits per heavy atom. The van der Waals surface area contributed by atoms with Crippen LogP contribution in [0, 0.1) is 5.82 Å². The molecular formula is C27H28FN3O2. The van der Waals surface area contributed by atoms with E-state index in [0.717, 1.165) is 29.3 Å². The first kappa shape index (κ1) is 21.6. The summed E-state index contributed by atoms with van der Waals surface area (Å²) < 4.78 is 13.1. The fourth-order valence-electron chi connectivity index (χ4n) is 5.41. The number of aliphatic hydroxyl groups is 1. The summed E-state index contributed by atoms with van der Waals surface area (Å²) in [4.78, 5) is 18.5. The third kappa shape index (κ3) is 3.89. The van der Waals surface area contributed by atoms with Gasteiger partial charge in [0, 0.05) is 18.5 Å². The van der Waals surface area contributed by atoms with Crippen LogP contribution in [0.1, 0.15) is 55.4 Å². The summed E-state index contributed by atoms with van der Waals surface area (Å²) in [6.45, 7) is 5.51. The van der Waals surface area contributed by atoms with Gasteiger partial charge in [-0.3, -0.25) is 5.32 Å². The van der Waals surface area contributed by atoms with Crippen molar-refractivity contribution in [1.82, 2.24) is 9.88 Å². The lowest BCUT2D eigenvalue weighted by atomic mass is 9.80. The van der Waals surface area contributed by atoms with Crippen LogP contribution in [0.2, 0.25) is 0 Å². The number of rotatable bonds is 3. The maximum Gasteiger partial charge on any atom is 0.323 e. The Labute approximate surface area is 193 Å². The summed E-state index contributed by atoms with van der Waals surface area (Å²) in [6.07, 6.45) is 1.94. The van der Waals surface area contributed by atoms with E-state index >= 15 is 0 Å². The van der Waals surface area contributed by atoms with Gasteiger partial charge in [-0.2, -0.15) is 0 Å². The van der Waals surface area contributed by atoms with Crippen LogP contribution in [0.5, 0.6) is 0 Å². The van der Waals surface area contributed by atoms with Crippen LogP contribution in [0.4, 0.5) is 15.0 Å². The second kappa shape index (κ2) is 8.27. The van der Waals surface area contributed by atoms with E-state index in [1.54, 1.807) is 4.90 Å². The van der Waals surface area contributed by atoms with Gasteiger partial charge in [0.25, 0.3) is 0 Å². The lowest BCUT2D eigenvalue weighted by Gasteiger charge is -2.25. The van der Waals surface area contributed by atoms with Gasteiger partial charge in [0.05, 0.1) is 12.3 Å². The number of hydrogen-bond donors (Lipinski definition) is 2. The van der Waals surface area contributed by atoms with Crippen LogP contribution in [-0.2, 0) is 5.41 Å². The number of fused-ring (bicyclic) bond motifs is 2. The molecule has 1 aromatic heterocycles. The third-order valence-electron chi connectivity index (χ3n) is 7.06. The van der Waals surface area contributed by atoms with Gasteiger partial charge < -0.3 is 10.0 Å². The number of benzene rings is 2. The minimum absolute atomic E-state index is 0.252. The smallest absolute Gasteiger partial charge is 0.323 e. The van der Waals surface area contributed by atoms with Crippen molar-refractivity contribution in [3.63, 3.8) is 0 Å². The number of likely N-dealkylation sites (tertiary alicyclic amines) is 1. The first-order valence-corrected chi connectivity index (χ1v) is 11.5. The highest BCUT2D eigenvalue weighted by atomic mass is 19.1. The number of nitrogens with zero attached hydrogens (tertiary/aromatic N) is 2. The molecular weight excluding hydrogens is 417 g/mol. The van der Waals surface area contributed by atoms with E-state index in [-0.39, 0.29) is 11.4 Å². The molecule has 170 valence electrons. The Hall–Kier alpha value is -3.25. The molecule has 3 aromatic rings. The molecule has 0 bridgehead atoms. The minimum Gasteiger partial charge on any atom is -0.388 e. The largest absolute Gasteiger partial charge is 0.388 e. The third-order valence-corrected chi connectivity index (χ3v) is 7.06. The average Bonchev–Trinajstić information content (AvgIpc) is 3.36. The fourth-order valence-corrected chi connectivity index (χ4v) is 5.41. The highest BCUT2D eigenvalue weighted by Crippen LogP contribution is 2.51. The lowest BCUT2D eigenvalue weighted by molar-refractivity contribution is 0.154. The van der Waals surface area contributed by atoms with Crippen molar-refractivity contribution in [2.45, 2.75) is 44.1 Å². The van der Waals surface area contributed by atoms with Crippen LogP contribution < -0.4 is 5.32 Å². The molecule has 2 aromatic carbocycles. The number of urea groups is 1. The monoisotopic (exact) mass is 445 g/mol. The molecule has 2 amide bonds. The van der Waals surface area contributed by atoms with Gasteiger partial charge in [0.2, 0.25) is 0 Å². The van der Waals surface area contributed by atoms with Gasteiger partial charge in [-0.25, -0.2) is 14.2 Å². The summed E-state index contributed by atoms with van der Waals surface area (Å²) in [5.74, 6) is 0.283. The number of anilines is 1. The maximum atomic E-state index is 13.1. The lowest BCUT2D eigenvalue weighted by Crippen LogP contribution is -2.36. The number of aromatic nitrogens is 1. The quantitative estimate of drug-likeness (QED) is 0.550. The van der Waals surface area contributed by atoms with Gasteiger partial charge in [-0.05, 0) is 64.8 Å².